The lowest BCUT2D eigenvalue weighted by atomic mass is 10.2. The van der Waals surface area contributed by atoms with Gasteiger partial charge in [-0.3, -0.25) is 4.99 Å². The molecule has 0 spiro atoms. The Balaban J connectivity index is 1.79. The van der Waals surface area contributed by atoms with Crippen molar-refractivity contribution in [2.24, 2.45) is 4.99 Å². The van der Waals surface area contributed by atoms with E-state index in [4.69, 9.17) is 0 Å². The molecule has 1 aromatic carbocycles. The number of imidazole rings is 1. The summed E-state index contributed by atoms with van der Waals surface area (Å²) in [4.78, 5) is 13.8. The van der Waals surface area contributed by atoms with Crippen molar-refractivity contribution in [1.29, 1.82) is 0 Å². The number of aryl methyl sites for hydroxylation is 1. The van der Waals surface area contributed by atoms with E-state index in [-0.39, 0.29) is 0 Å². The highest BCUT2D eigenvalue weighted by Crippen LogP contribution is 2.32. The summed E-state index contributed by atoms with van der Waals surface area (Å²) < 4.78 is 53.8. The molecule has 0 saturated carbocycles. The van der Waals surface area contributed by atoms with Crippen LogP contribution in [-0.2, 0) is 6.18 Å². The number of pyridine rings is 1. The maximum atomic E-state index is 13.8. The molecule has 1 aliphatic heterocycles. The molecular weight excluding hydrogens is 362 g/mol. The first kappa shape index (κ1) is 17.2. The summed E-state index contributed by atoms with van der Waals surface area (Å²) >= 11 is 0. The molecule has 0 saturated heterocycles. The van der Waals surface area contributed by atoms with Gasteiger partial charge in [-0.25, -0.2) is 14.4 Å². The van der Waals surface area contributed by atoms with E-state index in [1.165, 1.54) is 24.4 Å². The van der Waals surface area contributed by atoms with Gasteiger partial charge in [-0.15, -0.1) is 0 Å². The van der Waals surface area contributed by atoms with Crippen LogP contribution in [0.1, 0.15) is 17.7 Å². The summed E-state index contributed by atoms with van der Waals surface area (Å²) in [6.07, 6.45) is 0.861. The van der Waals surface area contributed by atoms with Gasteiger partial charge in [-0.2, -0.15) is 13.2 Å². The number of nitrogens with zero attached hydrogens (tertiary/aromatic N) is 5. The van der Waals surface area contributed by atoms with Gasteiger partial charge >= 0.3 is 6.18 Å². The lowest BCUT2D eigenvalue weighted by Crippen LogP contribution is -2.32. The van der Waals surface area contributed by atoms with E-state index in [0.29, 0.717) is 22.5 Å². The highest BCUT2D eigenvalue weighted by atomic mass is 19.4. The molecule has 0 N–H and O–H groups in total. The minimum atomic E-state index is -4.51. The molecule has 0 radical (unpaired) electrons. The van der Waals surface area contributed by atoms with Gasteiger partial charge in [0.25, 0.3) is 0 Å². The minimum Gasteiger partial charge on any atom is -0.319 e. The number of hydrogen-bond acceptors (Lipinski definition) is 4. The van der Waals surface area contributed by atoms with Gasteiger partial charge in [-0.05, 0) is 37.3 Å². The molecule has 138 valence electrons. The maximum absolute atomic E-state index is 13.8. The van der Waals surface area contributed by atoms with Crippen LogP contribution in [-0.4, -0.2) is 20.7 Å². The van der Waals surface area contributed by atoms with E-state index >= 15 is 0 Å². The highest BCUT2D eigenvalue weighted by Gasteiger charge is 2.32. The van der Waals surface area contributed by atoms with Crippen molar-refractivity contribution >= 4 is 22.9 Å². The van der Waals surface area contributed by atoms with Crippen molar-refractivity contribution in [3.05, 3.63) is 66.3 Å². The number of benzene rings is 1. The standard InChI is InChI=1S/C18H13F4N5/c1-11-25-14-4-2-12(19)8-15(14)27(11)17-10-23-6-7-26(17)13-3-5-16(24-9-13)18(20,21)22/h2-10,17H,1H3. The predicted octanol–water partition coefficient (Wildman–Crippen LogP) is 4.46. The number of aliphatic imine (C=N–C) groups is 1. The van der Waals surface area contributed by atoms with Crippen LogP contribution in [0.15, 0.2) is 53.9 Å². The Bertz CT molecular complexity index is 1050. The SMILES string of the molecule is Cc1nc2ccc(F)cc2n1C1C=NC=CN1c1ccc(C(F)(F)F)nc1. The second kappa shape index (κ2) is 6.19. The highest BCUT2D eigenvalue weighted by molar-refractivity contribution is 5.80. The predicted molar refractivity (Wildman–Crippen MR) is 92.8 cm³/mol. The van der Waals surface area contributed by atoms with E-state index in [9.17, 15) is 17.6 Å². The van der Waals surface area contributed by atoms with Crippen LogP contribution in [0.4, 0.5) is 23.2 Å². The Kier molecular flexibility index (Phi) is 3.94. The molecule has 0 fully saturated rings. The van der Waals surface area contributed by atoms with Crippen LogP contribution in [0.2, 0.25) is 0 Å². The summed E-state index contributed by atoms with van der Waals surface area (Å²) in [5.41, 5.74) is 0.642. The molecule has 0 aliphatic carbocycles. The fraction of sp³-hybridized carbons (Fsp3) is 0.167. The Morgan fingerprint density at radius 2 is 1.93 bits per heavy atom. The first-order valence-corrected chi connectivity index (χ1v) is 8.00. The molecule has 2 aromatic heterocycles. The molecule has 1 unspecified atom stereocenters. The van der Waals surface area contributed by atoms with Crippen molar-refractivity contribution in [1.82, 2.24) is 14.5 Å². The van der Waals surface area contributed by atoms with Crippen LogP contribution in [0.5, 0.6) is 0 Å². The first-order chi connectivity index (χ1) is 12.8. The first-order valence-electron chi connectivity index (χ1n) is 8.00. The number of halogens is 4. The quantitative estimate of drug-likeness (QED) is 0.622. The second-order valence-corrected chi connectivity index (χ2v) is 5.98. The van der Waals surface area contributed by atoms with Crippen LogP contribution in [0.3, 0.4) is 0 Å². The summed E-state index contributed by atoms with van der Waals surface area (Å²) in [7, 11) is 0. The Morgan fingerprint density at radius 3 is 2.63 bits per heavy atom. The fourth-order valence-electron chi connectivity index (χ4n) is 3.05. The van der Waals surface area contributed by atoms with E-state index in [1.807, 2.05) is 0 Å². The third-order valence-electron chi connectivity index (χ3n) is 4.25. The van der Waals surface area contributed by atoms with Crippen molar-refractivity contribution < 1.29 is 17.6 Å². The van der Waals surface area contributed by atoms with Crippen LogP contribution < -0.4 is 4.90 Å². The average molecular weight is 375 g/mol. The van der Waals surface area contributed by atoms with E-state index in [1.54, 1.807) is 34.9 Å². The van der Waals surface area contributed by atoms with Gasteiger partial charge in [0.15, 0.2) is 0 Å². The third-order valence-corrected chi connectivity index (χ3v) is 4.25. The van der Waals surface area contributed by atoms with E-state index in [2.05, 4.69) is 15.0 Å². The zero-order chi connectivity index (χ0) is 19.2. The zero-order valence-corrected chi connectivity index (χ0v) is 14.0. The van der Waals surface area contributed by atoms with Gasteiger partial charge in [0.2, 0.25) is 0 Å². The van der Waals surface area contributed by atoms with Crippen molar-refractivity contribution in [2.45, 2.75) is 19.3 Å². The largest absolute Gasteiger partial charge is 0.433 e. The molecular formula is C18H13F4N5. The van der Waals surface area contributed by atoms with Crippen LogP contribution in [0.25, 0.3) is 11.0 Å². The fourth-order valence-corrected chi connectivity index (χ4v) is 3.05. The van der Waals surface area contributed by atoms with Gasteiger partial charge in [0.1, 0.15) is 23.5 Å². The molecule has 3 heterocycles. The Hall–Kier alpha value is -3.23. The lowest BCUT2D eigenvalue weighted by Gasteiger charge is -2.31. The molecule has 1 aliphatic rings. The third kappa shape index (κ3) is 3.05. The molecule has 9 heteroatoms. The molecule has 0 amide bonds. The number of anilines is 1. The molecule has 0 bridgehead atoms. The topological polar surface area (TPSA) is 46.3 Å². The van der Waals surface area contributed by atoms with Gasteiger partial charge < -0.3 is 9.47 Å². The number of rotatable bonds is 2. The Labute approximate surface area is 151 Å². The average Bonchev–Trinajstić information content (AvgIpc) is 2.96. The minimum absolute atomic E-state index is 0.408. The van der Waals surface area contributed by atoms with Gasteiger partial charge in [-0.1, -0.05) is 0 Å². The zero-order valence-electron chi connectivity index (χ0n) is 14.0. The Morgan fingerprint density at radius 1 is 1.11 bits per heavy atom. The summed E-state index contributed by atoms with van der Waals surface area (Å²) in [6, 6.07) is 6.52. The number of alkyl halides is 3. The summed E-state index contributed by atoms with van der Waals surface area (Å²) in [5.74, 6) is 0.210. The van der Waals surface area contributed by atoms with E-state index in [0.717, 1.165) is 12.3 Å². The maximum Gasteiger partial charge on any atom is 0.433 e. The molecule has 3 aromatic rings. The number of hydrogen-bond donors (Lipinski definition) is 0. The van der Waals surface area contributed by atoms with Crippen molar-refractivity contribution in [2.75, 3.05) is 4.90 Å². The van der Waals surface area contributed by atoms with Gasteiger partial charge in [0.05, 0.1) is 22.9 Å². The van der Waals surface area contributed by atoms with Gasteiger partial charge in [0, 0.05) is 18.6 Å². The molecule has 1 atom stereocenters. The summed E-state index contributed by atoms with van der Waals surface area (Å²) in [6.45, 7) is 1.77. The van der Waals surface area contributed by atoms with E-state index < -0.39 is 23.9 Å². The lowest BCUT2D eigenvalue weighted by molar-refractivity contribution is -0.141. The molecule has 27 heavy (non-hydrogen) atoms. The van der Waals surface area contributed by atoms with Crippen LogP contribution >= 0.6 is 0 Å². The van der Waals surface area contributed by atoms with Crippen LogP contribution in [0, 0.1) is 12.7 Å². The molecule has 4 rings (SSSR count). The normalized spacial score (nSPS) is 17.1. The smallest absolute Gasteiger partial charge is 0.319 e. The number of aromatic nitrogens is 3. The second-order valence-electron chi connectivity index (χ2n) is 5.98. The monoisotopic (exact) mass is 375 g/mol. The van der Waals surface area contributed by atoms with Crippen molar-refractivity contribution in [3.63, 3.8) is 0 Å². The molecule has 5 nitrogen and oxygen atoms in total. The number of fused-ring (bicyclic) bond motifs is 1. The van der Waals surface area contributed by atoms with Crippen molar-refractivity contribution in [3.8, 4) is 0 Å². The summed E-state index contributed by atoms with van der Waals surface area (Å²) in [5, 5.41) is 0.